The van der Waals surface area contributed by atoms with Crippen molar-refractivity contribution in [1.29, 1.82) is 0 Å². The van der Waals surface area contributed by atoms with E-state index in [0.717, 1.165) is 12.1 Å². The molecule has 0 fully saturated rings. The van der Waals surface area contributed by atoms with Crippen molar-refractivity contribution in [2.75, 3.05) is 5.32 Å². The molecule has 2 N–H and O–H groups in total. The van der Waals surface area contributed by atoms with Crippen LogP contribution in [-0.4, -0.2) is 6.03 Å². The van der Waals surface area contributed by atoms with Gasteiger partial charge in [-0.05, 0) is 43.5 Å². The minimum atomic E-state index is -0.215. The third-order valence-corrected chi connectivity index (χ3v) is 2.33. The van der Waals surface area contributed by atoms with Crippen LogP contribution in [0.2, 0.25) is 0 Å². The molecule has 0 radical (unpaired) electrons. The Hall–Kier alpha value is -1.77. The van der Waals surface area contributed by atoms with Gasteiger partial charge >= 0.3 is 6.03 Å². The molecule has 16 heavy (non-hydrogen) atoms. The van der Waals surface area contributed by atoms with Crippen LogP contribution in [0.1, 0.15) is 24.5 Å². The van der Waals surface area contributed by atoms with E-state index in [1.807, 2.05) is 45.0 Å². The fraction of sp³-hybridized carbons (Fsp3) is 0.308. The summed E-state index contributed by atoms with van der Waals surface area (Å²) in [5.41, 5.74) is 3.20. The van der Waals surface area contributed by atoms with E-state index in [0.29, 0.717) is 0 Å². The normalized spacial score (nSPS) is 10.4. The van der Waals surface area contributed by atoms with Crippen LogP contribution in [0.25, 0.3) is 0 Å². The summed E-state index contributed by atoms with van der Waals surface area (Å²) < 4.78 is 0. The van der Waals surface area contributed by atoms with Gasteiger partial charge in [0.25, 0.3) is 0 Å². The van der Waals surface area contributed by atoms with Crippen molar-refractivity contribution >= 4 is 11.7 Å². The summed E-state index contributed by atoms with van der Waals surface area (Å²) in [7, 11) is 0. The van der Waals surface area contributed by atoms with E-state index < -0.39 is 0 Å². The van der Waals surface area contributed by atoms with Gasteiger partial charge in [0.05, 0.1) is 0 Å². The molecule has 0 aliphatic heterocycles. The van der Waals surface area contributed by atoms with Crippen LogP contribution in [0.4, 0.5) is 10.5 Å². The van der Waals surface area contributed by atoms with Crippen LogP contribution in [-0.2, 0) is 0 Å². The van der Waals surface area contributed by atoms with Gasteiger partial charge < -0.3 is 10.6 Å². The molecule has 0 atom stereocenters. The second kappa shape index (κ2) is 5.95. The van der Waals surface area contributed by atoms with Gasteiger partial charge in [-0.25, -0.2) is 4.79 Å². The molecule has 3 heteroatoms. The molecule has 0 saturated heterocycles. The Morgan fingerprint density at radius 2 is 2.06 bits per heavy atom. The SMILES string of the molecule is CC/C=C/NC(=O)Nc1ccc(C)c(C)c1. The van der Waals surface area contributed by atoms with E-state index in [1.165, 1.54) is 11.1 Å². The van der Waals surface area contributed by atoms with Crippen LogP contribution in [0.5, 0.6) is 0 Å². The number of allylic oxidation sites excluding steroid dienone is 1. The van der Waals surface area contributed by atoms with Crippen LogP contribution >= 0.6 is 0 Å². The number of benzene rings is 1. The van der Waals surface area contributed by atoms with Crippen molar-refractivity contribution in [3.8, 4) is 0 Å². The number of carbonyl (C=O) groups excluding carboxylic acids is 1. The third kappa shape index (κ3) is 3.77. The van der Waals surface area contributed by atoms with Gasteiger partial charge in [-0.2, -0.15) is 0 Å². The van der Waals surface area contributed by atoms with Gasteiger partial charge in [-0.15, -0.1) is 0 Å². The van der Waals surface area contributed by atoms with Crippen molar-refractivity contribution in [3.05, 3.63) is 41.6 Å². The number of hydrogen-bond donors (Lipinski definition) is 2. The van der Waals surface area contributed by atoms with E-state index in [4.69, 9.17) is 0 Å². The topological polar surface area (TPSA) is 41.1 Å². The molecule has 0 bridgehead atoms. The second-order valence-corrected chi connectivity index (χ2v) is 3.71. The maximum Gasteiger partial charge on any atom is 0.323 e. The number of anilines is 1. The number of rotatable bonds is 3. The summed E-state index contributed by atoms with van der Waals surface area (Å²) in [6.45, 7) is 6.08. The Kier molecular flexibility index (Phi) is 4.58. The maximum atomic E-state index is 11.4. The highest BCUT2D eigenvalue weighted by Gasteiger charge is 2.00. The molecular weight excluding hydrogens is 200 g/mol. The average molecular weight is 218 g/mol. The number of carbonyl (C=O) groups is 1. The first-order valence-corrected chi connectivity index (χ1v) is 5.43. The third-order valence-electron chi connectivity index (χ3n) is 2.33. The van der Waals surface area contributed by atoms with E-state index in [2.05, 4.69) is 10.6 Å². The smallest absolute Gasteiger partial charge is 0.315 e. The highest BCUT2D eigenvalue weighted by Crippen LogP contribution is 2.13. The fourth-order valence-electron chi connectivity index (χ4n) is 1.24. The Balaban J connectivity index is 2.56. The number of aryl methyl sites for hydroxylation is 2. The maximum absolute atomic E-state index is 11.4. The van der Waals surface area contributed by atoms with E-state index >= 15 is 0 Å². The molecule has 1 rings (SSSR count). The van der Waals surface area contributed by atoms with Crippen LogP contribution in [0.15, 0.2) is 30.5 Å². The van der Waals surface area contributed by atoms with Gasteiger partial charge in [0, 0.05) is 11.9 Å². The Morgan fingerprint density at radius 3 is 2.69 bits per heavy atom. The Labute approximate surface area is 96.6 Å². The monoisotopic (exact) mass is 218 g/mol. The predicted molar refractivity (Wildman–Crippen MR) is 67.5 cm³/mol. The quantitative estimate of drug-likeness (QED) is 0.802. The zero-order chi connectivity index (χ0) is 12.0. The lowest BCUT2D eigenvalue weighted by Gasteiger charge is -2.06. The van der Waals surface area contributed by atoms with Crippen LogP contribution < -0.4 is 10.6 Å². The standard InChI is InChI=1S/C13H18N2O/c1-4-5-8-14-13(16)15-12-7-6-10(2)11(3)9-12/h5-9H,4H2,1-3H3,(H2,14,15,16)/b8-5+. The second-order valence-electron chi connectivity index (χ2n) is 3.71. The molecule has 0 saturated carbocycles. The van der Waals surface area contributed by atoms with E-state index in [-0.39, 0.29) is 6.03 Å². The zero-order valence-corrected chi connectivity index (χ0v) is 10.0. The van der Waals surface area contributed by atoms with Crippen molar-refractivity contribution in [2.24, 2.45) is 0 Å². The van der Waals surface area contributed by atoms with Crippen LogP contribution in [0, 0.1) is 13.8 Å². The first-order valence-electron chi connectivity index (χ1n) is 5.43. The molecule has 2 amide bonds. The molecule has 0 heterocycles. The summed E-state index contributed by atoms with van der Waals surface area (Å²) in [6, 6.07) is 5.63. The molecule has 86 valence electrons. The van der Waals surface area contributed by atoms with Crippen LogP contribution in [0.3, 0.4) is 0 Å². The molecule has 0 aliphatic carbocycles. The Morgan fingerprint density at radius 1 is 1.31 bits per heavy atom. The van der Waals surface area contributed by atoms with Crippen molar-refractivity contribution < 1.29 is 4.79 Å². The lowest BCUT2D eigenvalue weighted by Crippen LogP contribution is -2.23. The summed E-state index contributed by atoms with van der Waals surface area (Å²) in [4.78, 5) is 11.4. The van der Waals surface area contributed by atoms with Gasteiger partial charge in [0.2, 0.25) is 0 Å². The lowest BCUT2D eigenvalue weighted by molar-refractivity contribution is 0.255. The number of hydrogen-bond acceptors (Lipinski definition) is 1. The summed E-state index contributed by atoms with van der Waals surface area (Å²) >= 11 is 0. The highest BCUT2D eigenvalue weighted by molar-refractivity contribution is 5.89. The number of nitrogens with one attached hydrogen (secondary N) is 2. The fourth-order valence-corrected chi connectivity index (χ4v) is 1.24. The van der Waals surface area contributed by atoms with Crippen molar-refractivity contribution in [3.63, 3.8) is 0 Å². The average Bonchev–Trinajstić information content (AvgIpc) is 2.24. The largest absolute Gasteiger partial charge is 0.323 e. The minimum Gasteiger partial charge on any atom is -0.315 e. The first-order chi connectivity index (χ1) is 7.63. The van der Waals surface area contributed by atoms with Gasteiger partial charge in [0.1, 0.15) is 0 Å². The van der Waals surface area contributed by atoms with Crippen molar-refractivity contribution in [2.45, 2.75) is 27.2 Å². The summed E-state index contributed by atoms with van der Waals surface area (Å²) in [6.07, 6.45) is 4.44. The molecule has 3 nitrogen and oxygen atoms in total. The minimum absolute atomic E-state index is 0.215. The molecular formula is C13H18N2O. The van der Waals surface area contributed by atoms with Gasteiger partial charge in [-0.3, -0.25) is 0 Å². The highest BCUT2D eigenvalue weighted by atomic mass is 16.2. The Bertz CT molecular complexity index is 397. The predicted octanol–water partition coefficient (Wildman–Crippen LogP) is 3.35. The summed E-state index contributed by atoms with van der Waals surface area (Å²) in [5, 5.41) is 5.40. The molecule has 0 spiro atoms. The van der Waals surface area contributed by atoms with E-state index in [1.54, 1.807) is 6.20 Å². The number of urea groups is 1. The molecule has 0 unspecified atom stereocenters. The molecule has 1 aromatic carbocycles. The zero-order valence-electron chi connectivity index (χ0n) is 10.0. The summed E-state index contributed by atoms with van der Waals surface area (Å²) in [5.74, 6) is 0. The molecule has 0 aliphatic rings. The van der Waals surface area contributed by atoms with E-state index in [9.17, 15) is 4.79 Å². The lowest BCUT2D eigenvalue weighted by atomic mass is 10.1. The van der Waals surface area contributed by atoms with Gasteiger partial charge in [0.15, 0.2) is 0 Å². The first kappa shape index (κ1) is 12.3. The van der Waals surface area contributed by atoms with Gasteiger partial charge in [-0.1, -0.05) is 19.1 Å². The number of amides is 2. The van der Waals surface area contributed by atoms with Crippen molar-refractivity contribution in [1.82, 2.24) is 5.32 Å². The molecule has 1 aromatic rings. The molecule has 0 aromatic heterocycles.